The van der Waals surface area contributed by atoms with Gasteiger partial charge in [0.2, 0.25) is 0 Å². The van der Waals surface area contributed by atoms with Gasteiger partial charge in [-0.3, -0.25) is 10.1 Å². The standard InChI is InChI=1S/C13H12N2O4S/c1-8-5-6-9(20-8)7-14-12-10(13(16)17)3-2-4-11(12)15(18)19/h2-6,14H,7H2,1H3,(H,16,17). The molecule has 2 rings (SSSR count). The summed E-state index contributed by atoms with van der Waals surface area (Å²) in [6, 6.07) is 7.84. The molecule has 0 spiro atoms. The number of aromatic carboxylic acids is 1. The van der Waals surface area contributed by atoms with Gasteiger partial charge in [-0.1, -0.05) is 6.07 Å². The van der Waals surface area contributed by atoms with Gasteiger partial charge in [0.05, 0.1) is 10.5 Å². The molecular weight excluding hydrogens is 280 g/mol. The van der Waals surface area contributed by atoms with Crippen molar-refractivity contribution in [3.8, 4) is 0 Å². The van der Waals surface area contributed by atoms with E-state index in [-0.39, 0.29) is 16.9 Å². The van der Waals surface area contributed by atoms with Crippen LogP contribution in [0.3, 0.4) is 0 Å². The number of nitro benzene ring substituents is 1. The molecule has 0 radical (unpaired) electrons. The number of aryl methyl sites for hydroxylation is 1. The second-order valence-electron chi connectivity index (χ2n) is 4.13. The van der Waals surface area contributed by atoms with Crippen LogP contribution >= 0.6 is 11.3 Å². The van der Waals surface area contributed by atoms with E-state index in [1.54, 1.807) is 11.3 Å². The van der Waals surface area contributed by atoms with Crippen molar-refractivity contribution in [2.45, 2.75) is 13.5 Å². The van der Waals surface area contributed by atoms with Crippen LogP contribution in [0.1, 0.15) is 20.1 Å². The van der Waals surface area contributed by atoms with Gasteiger partial charge in [0, 0.05) is 22.4 Å². The van der Waals surface area contributed by atoms with E-state index in [2.05, 4.69) is 5.32 Å². The number of nitrogens with one attached hydrogen (secondary N) is 1. The van der Waals surface area contributed by atoms with Gasteiger partial charge in [-0.05, 0) is 25.1 Å². The Balaban J connectivity index is 2.32. The first kappa shape index (κ1) is 14.0. The number of anilines is 1. The molecule has 0 aliphatic rings. The van der Waals surface area contributed by atoms with Gasteiger partial charge in [-0.2, -0.15) is 0 Å². The molecule has 1 aromatic carbocycles. The third-order valence-corrected chi connectivity index (χ3v) is 3.71. The molecule has 0 unspecified atom stereocenters. The Morgan fingerprint density at radius 2 is 2.15 bits per heavy atom. The highest BCUT2D eigenvalue weighted by atomic mass is 32.1. The van der Waals surface area contributed by atoms with E-state index < -0.39 is 10.9 Å². The number of hydrogen-bond acceptors (Lipinski definition) is 5. The second-order valence-corrected chi connectivity index (χ2v) is 5.50. The summed E-state index contributed by atoms with van der Waals surface area (Å²) in [4.78, 5) is 23.7. The first-order chi connectivity index (χ1) is 9.49. The molecule has 0 atom stereocenters. The van der Waals surface area contributed by atoms with Crippen molar-refractivity contribution in [1.29, 1.82) is 0 Å². The molecule has 7 heteroatoms. The van der Waals surface area contributed by atoms with Crippen LogP contribution in [0.4, 0.5) is 11.4 Å². The highest BCUT2D eigenvalue weighted by Crippen LogP contribution is 2.29. The van der Waals surface area contributed by atoms with E-state index in [0.717, 1.165) is 9.75 Å². The number of para-hydroxylation sites is 1. The molecule has 0 saturated heterocycles. The first-order valence-corrected chi connectivity index (χ1v) is 6.60. The molecule has 0 fully saturated rings. The van der Waals surface area contributed by atoms with Gasteiger partial charge in [0.25, 0.3) is 5.69 Å². The van der Waals surface area contributed by atoms with Crippen molar-refractivity contribution in [3.63, 3.8) is 0 Å². The van der Waals surface area contributed by atoms with Crippen molar-refractivity contribution in [2.75, 3.05) is 5.32 Å². The highest BCUT2D eigenvalue weighted by molar-refractivity contribution is 7.11. The number of nitro groups is 1. The predicted molar refractivity (Wildman–Crippen MR) is 76.4 cm³/mol. The molecule has 2 aromatic rings. The molecule has 0 aliphatic heterocycles. The molecule has 104 valence electrons. The summed E-state index contributed by atoms with van der Waals surface area (Å²) in [6.07, 6.45) is 0. The van der Waals surface area contributed by atoms with Gasteiger partial charge >= 0.3 is 5.97 Å². The molecule has 0 saturated carbocycles. The number of benzene rings is 1. The lowest BCUT2D eigenvalue weighted by Gasteiger charge is -2.09. The van der Waals surface area contributed by atoms with E-state index in [4.69, 9.17) is 5.11 Å². The second kappa shape index (κ2) is 5.70. The number of nitrogens with zero attached hydrogens (tertiary/aromatic N) is 1. The summed E-state index contributed by atoms with van der Waals surface area (Å²) >= 11 is 1.56. The number of thiophene rings is 1. The fourth-order valence-electron chi connectivity index (χ4n) is 1.81. The molecule has 20 heavy (non-hydrogen) atoms. The fraction of sp³-hybridized carbons (Fsp3) is 0.154. The zero-order chi connectivity index (χ0) is 14.7. The molecule has 1 aromatic heterocycles. The van der Waals surface area contributed by atoms with Crippen LogP contribution in [-0.2, 0) is 6.54 Å². The van der Waals surface area contributed by atoms with Crippen LogP contribution in [0, 0.1) is 17.0 Å². The molecule has 2 N–H and O–H groups in total. The number of hydrogen-bond donors (Lipinski definition) is 2. The third-order valence-electron chi connectivity index (χ3n) is 2.70. The van der Waals surface area contributed by atoms with Crippen LogP contribution in [0.25, 0.3) is 0 Å². The summed E-state index contributed by atoms with van der Waals surface area (Å²) in [5.41, 5.74) is -0.304. The number of carboxylic acids is 1. The minimum absolute atomic E-state index is 0.0380. The average molecular weight is 292 g/mol. The van der Waals surface area contributed by atoms with Gasteiger partial charge < -0.3 is 10.4 Å². The summed E-state index contributed by atoms with van der Waals surface area (Å²) in [6.45, 7) is 2.31. The largest absolute Gasteiger partial charge is 0.478 e. The van der Waals surface area contributed by atoms with E-state index in [9.17, 15) is 14.9 Å². The zero-order valence-corrected chi connectivity index (χ0v) is 11.4. The summed E-state index contributed by atoms with van der Waals surface area (Å²) in [5, 5.41) is 23.0. The number of rotatable bonds is 5. The summed E-state index contributed by atoms with van der Waals surface area (Å²) < 4.78 is 0. The van der Waals surface area contributed by atoms with Gasteiger partial charge in [0.15, 0.2) is 0 Å². The number of carbonyl (C=O) groups is 1. The Morgan fingerprint density at radius 3 is 2.70 bits per heavy atom. The van der Waals surface area contributed by atoms with Crippen molar-refractivity contribution in [2.24, 2.45) is 0 Å². The smallest absolute Gasteiger partial charge is 0.338 e. The van der Waals surface area contributed by atoms with Gasteiger partial charge in [-0.25, -0.2) is 4.79 Å². The monoisotopic (exact) mass is 292 g/mol. The van der Waals surface area contributed by atoms with E-state index in [0.29, 0.717) is 6.54 Å². The normalized spacial score (nSPS) is 10.2. The maximum Gasteiger partial charge on any atom is 0.338 e. The van der Waals surface area contributed by atoms with Gasteiger partial charge in [0.1, 0.15) is 5.69 Å². The van der Waals surface area contributed by atoms with Crippen LogP contribution in [0.5, 0.6) is 0 Å². The van der Waals surface area contributed by atoms with E-state index in [1.165, 1.54) is 18.2 Å². The van der Waals surface area contributed by atoms with Crippen LogP contribution in [-0.4, -0.2) is 16.0 Å². The topological polar surface area (TPSA) is 92.5 Å². The summed E-state index contributed by atoms with van der Waals surface area (Å²) in [5.74, 6) is -1.20. The highest BCUT2D eigenvalue weighted by Gasteiger charge is 2.21. The lowest BCUT2D eigenvalue weighted by molar-refractivity contribution is -0.384. The maximum atomic E-state index is 11.2. The molecular formula is C13H12N2O4S. The van der Waals surface area contributed by atoms with Crippen LogP contribution in [0.2, 0.25) is 0 Å². The molecule has 1 heterocycles. The van der Waals surface area contributed by atoms with Crippen molar-refractivity contribution >= 4 is 28.7 Å². The molecule has 0 amide bonds. The first-order valence-electron chi connectivity index (χ1n) is 5.79. The Morgan fingerprint density at radius 1 is 1.40 bits per heavy atom. The van der Waals surface area contributed by atoms with Crippen molar-refractivity contribution in [3.05, 3.63) is 55.8 Å². The SMILES string of the molecule is Cc1ccc(CNc2c(C(=O)O)cccc2[N+](=O)[O-])s1. The third kappa shape index (κ3) is 2.94. The lowest BCUT2D eigenvalue weighted by atomic mass is 10.1. The minimum Gasteiger partial charge on any atom is -0.478 e. The van der Waals surface area contributed by atoms with E-state index in [1.807, 2.05) is 19.1 Å². The van der Waals surface area contributed by atoms with Crippen molar-refractivity contribution < 1.29 is 14.8 Å². The fourth-order valence-corrected chi connectivity index (χ4v) is 2.64. The maximum absolute atomic E-state index is 11.2. The lowest BCUT2D eigenvalue weighted by Crippen LogP contribution is -2.08. The molecule has 6 nitrogen and oxygen atoms in total. The Bertz CT molecular complexity index is 634. The molecule has 0 aliphatic carbocycles. The molecule has 0 bridgehead atoms. The van der Waals surface area contributed by atoms with Crippen molar-refractivity contribution in [1.82, 2.24) is 0 Å². The Labute approximate surface area is 118 Å². The average Bonchev–Trinajstić information content (AvgIpc) is 2.81. The quantitative estimate of drug-likeness (QED) is 0.651. The Kier molecular flexibility index (Phi) is 3.99. The summed E-state index contributed by atoms with van der Waals surface area (Å²) in [7, 11) is 0. The number of carboxylic acid groups (broad SMARTS) is 1. The van der Waals surface area contributed by atoms with Crippen LogP contribution in [0.15, 0.2) is 30.3 Å². The van der Waals surface area contributed by atoms with E-state index >= 15 is 0 Å². The predicted octanol–water partition coefficient (Wildman–Crippen LogP) is 3.28. The minimum atomic E-state index is -1.20. The zero-order valence-electron chi connectivity index (χ0n) is 10.6. The van der Waals surface area contributed by atoms with Gasteiger partial charge in [-0.15, -0.1) is 11.3 Å². The van der Waals surface area contributed by atoms with Crippen LogP contribution < -0.4 is 5.32 Å². The Hall–Kier alpha value is -2.41.